The lowest BCUT2D eigenvalue weighted by atomic mass is 10.1. The summed E-state index contributed by atoms with van der Waals surface area (Å²) in [5.41, 5.74) is 0. The topological polar surface area (TPSA) is 49.7 Å². The first-order valence-electron chi connectivity index (χ1n) is 3.98. The molecule has 0 aliphatic rings. The molecular formula is C8H18O3. The van der Waals surface area contributed by atoms with E-state index in [1.54, 1.807) is 0 Å². The van der Waals surface area contributed by atoms with Crippen molar-refractivity contribution in [3.63, 3.8) is 0 Å². The zero-order valence-corrected chi connectivity index (χ0v) is 7.45. The number of aliphatic hydroxyl groups excluding tert-OH is 2. The lowest BCUT2D eigenvalue weighted by Crippen LogP contribution is -2.25. The maximum absolute atomic E-state index is 8.91. The molecule has 0 heterocycles. The van der Waals surface area contributed by atoms with Crippen molar-refractivity contribution in [2.45, 2.75) is 33.0 Å². The smallest absolute Gasteiger partial charge is 0.100 e. The van der Waals surface area contributed by atoms with Crippen LogP contribution in [0, 0.1) is 5.92 Å². The van der Waals surface area contributed by atoms with Crippen molar-refractivity contribution in [1.29, 1.82) is 0 Å². The Balaban J connectivity index is 3.37. The molecule has 0 fully saturated rings. The van der Waals surface area contributed by atoms with E-state index in [-0.39, 0.29) is 19.3 Å². The van der Waals surface area contributed by atoms with Gasteiger partial charge in [-0.15, -0.1) is 0 Å². The number of aliphatic hydroxyl groups is 2. The number of hydrogen-bond acceptors (Lipinski definition) is 3. The van der Waals surface area contributed by atoms with Gasteiger partial charge >= 0.3 is 0 Å². The molecule has 0 amide bonds. The highest BCUT2D eigenvalue weighted by atomic mass is 16.5. The molecule has 0 aromatic carbocycles. The van der Waals surface area contributed by atoms with E-state index in [2.05, 4.69) is 13.8 Å². The molecule has 0 spiro atoms. The van der Waals surface area contributed by atoms with Gasteiger partial charge in [-0.2, -0.15) is 0 Å². The minimum atomic E-state index is -0.740. The second-order valence-electron chi connectivity index (χ2n) is 3.12. The summed E-state index contributed by atoms with van der Waals surface area (Å²) >= 11 is 0. The minimum absolute atomic E-state index is 0.135. The van der Waals surface area contributed by atoms with E-state index in [0.29, 0.717) is 5.92 Å². The molecule has 2 atom stereocenters. The van der Waals surface area contributed by atoms with Gasteiger partial charge in [0, 0.05) is 0 Å². The number of rotatable bonds is 5. The SMILES string of the molecule is CC(C)C(C)OCC(O)CO. The summed E-state index contributed by atoms with van der Waals surface area (Å²) in [4.78, 5) is 0. The standard InChI is InChI=1S/C8H18O3/c1-6(2)7(3)11-5-8(10)4-9/h6-10H,4-5H2,1-3H3. The Labute approximate surface area is 68.0 Å². The minimum Gasteiger partial charge on any atom is -0.394 e. The third-order valence-electron chi connectivity index (χ3n) is 1.70. The fourth-order valence-electron chi connectivity index (χ4n) is 0.508. The zero-order valence-electron chi connectivity index (χ0n) is 7.45. The molecule has 0 aromatic rings. The molecular weight excluding hydrogens is 144 g/mol. The van der Waals surface area contributed by atoms with Crippen LogP contribution in [0.1, 0.15) is 20.8 Å². The van der Waals surface area contributed by atoms with Crippen LogP contribution in [0.4, 0.5) is 0 Å². The Bertz CT molecular complexity index is 93.3. The van der Waals surface area contributed by atoms with E-state index in [4.69, 9.17) is 14.9 Å². The zero-order chi connectivity index (χ0) is 8.85. The first-order valence-corrected chi connectivity index (χ1v) is 3.98. The van der Waals surface area contributed by atoms with Crippen LogP contribution < -0.4 is 0 Å². The lowest BCUT2D eigenvalue weighted by molar-refractivity contribution is -0.0365. The molecule has 0 aromatic heterocycles. The molecule has 3 heteroatoms. The summed E-state index contributed by atoms with van der Waals surface area (Å²) < 4.78 is 5.25. The molecule has 0 aliphatic carbocycles. The van der Waals surface area contributed by atoms with Gasteiger partial charge in [0.2, 0.25) is 0 Å². The van der Waals surface area contributed by atoms with Crippen LogP contribution in [-0.2, 0) is 4.74 Å². The maximum atomic E-state index is 8.91. The highest BCUT2D eigenvalue weighted by Gasteiger charge is 2.09. The highest BCUT2D eigenvalue weighted by molar-refractivity contribution is 4.57. The Morgan fingerprint density at radius 2 is 1.82 bits per heavy atom. The predicted octanol–water partition coefficient (Wildman–Crippen LogP) is 0.401. The van der Waals surface area contributed by atoms with E-state index >= 15 is 0 Å². The highest BCUT2D eigenvalue weighted by Crippen LogP contribution is 2.05. The third kappa shape index (κ3) is 5.18. The summed E-state index contributed by atoms with van der Waals surface area (Å²) in [7, 11) is 0. The van der Waals surface area contributed by atoms with Crippen LogP contribution in [0.2, 0.25) is 0 Å². The van der Waals surface area contributed by atoms with E-state index in [1.165, 1.54) is 0 Å². The molecule has 11 heavy (non-hydrogen) atoms. The van der Waals surface area contributed by atoms with Crippen molar-refractivity contribution < 1.29 is 14.9 Å². The normalized spacial score (nSPS) is 16.9. The average Bonchev–Trinajstić information content (AvgIpc) is 1.99. The predicted molar refractivity (Wildman–Crippen MR) is 43.3 cm³/mol. The van der Waals surface area contributed by atoms with E-state index < -0.39 is 6.10 Å². The third-order valence-corrected chi connectivity index (χ3v) is 1.70. The average molecular weight is 162 g/mol. The van der Waals surface area contributed by atoms with Gasteiger partial charge in [-0.05, 0) is 12.8 Å². The molecule has 68 valence electrons. The van der Waals surface area contributed by atoms with Gasteiger partial charge in [0.15, 0.2) is 0 Å². The second kappa shape index (κ2) is 5.52. The van der Waals surface area contributed by atoms with Crippen LogP contribution >= 0.6 is 0 Å². The van der Waals surface area contributed by atoms with Gasteiger partial charge in [0.25, 0.3) is 0 Å². The summed E-state index contributed by atoms with van der Waals surface area (Å²) in [6.07, 6.45) is -0.604. The van der Waals surface area contributed by atoms with Crippen LogP contribution in [0.15, 0.2) is 0 Å². The molecule has 0 saturated carbocycles. The molecule has 0 radical (unpaired) electrons. The largest absolute Gasteiger partial charge is 0.394 e. The summed E-state index contributed by atoms with van der Waals surface area (Å²) in [5.74, 6) is 0.445. The van der Waals surface area contributed by atoms with Crippen molar-refractivity contribution in [2.75, 3.05) is 13.2 Å². The van der Waals surface area contributed by atoms with Crippen LogP contribution in [0.5, 0.6) is 0 Å². The van der Waals surface area contributed by atoms with Gasteiger partial charge in [-0.1, -0.05) is 13.8 Å². The van der Waals surface area contributed by atoms with Crippen molar-refractivity contribution >= 4 is 0 Å². The van der Waals surface area contributed by atoms with Crippen LogP contribution in [-0.4, -0.2) is 35.6 Å². The maximum Gasteiger partial charge on any atom is 0.100 e. The molecule has 0 bridgehead atoms. The van der Waals surface area contributed by atoms with Crippen LogP contribution in [0.3, 0.4) is 0 Å². The van der Waals surface area contributed by atoms with Crippen molar-refractivity contribution in [3.05, 3.63) is 0 Å². The van der Waals surface area contributed by atoms with Crippen molar-refractivity contribution in [1.82, 2.24) is 0 Å². The van der Waals surface area contributed by atoms with Crippen molar-refractivity contribution in [3.8, 4) is 0 Å². The second-order valence-corrected chi connectivity index (χ2v) is 3.12. The Morgan fingerprint density at radius 1 is 1.27 bits per heavy atom. The van der Waals surface area contributed by atoms with E-state index in [1.807, 2.05) is 6.92 Å². The van der Waals surface area contributed by atoms with E-state index in [0.717, 1.165) is 0 Å². The fraction of sp³-hybridized carbons (Fsp3) is 1.00. The first kappa shape index (κ1) is 10.9. The quantitative estimate of drug-likeness (QED) is 0.615. The number of ether oxygens (including phenoxy) is 1. The van der Waals surface area contributed by atoms with Gasteiger partial charge in [0.05, 0.1) is 19.3 Å². The molecule has 2 unspecified atom stereocenters. The van der Waals surface area contributed by atoms with Gasteiger partial charge in [-0.3, -0.25) is 0 Å². The van der Waals surface area contributed by atoms with Crippen molar-refractivity contribution in [2.24, 2.45) is 5.92 Å². The monoisotopic (exact) mass is 162 g/mol. The van der Waals surface area contributed by atoms with Gasteiger partial charge < -0.3 is 14.9 Å². The summed E-state index contributed by atoms with van der Waals surface area (Å²) in [6.45, 7) is 6.04. The fourth-order valence-corrected chi connectivity index (χ4v) is 0.508. The van der Waals surface area contributed by atoms with Crippen LogP contribution in [0.25, 0.3) is 0 Å². The molecule has 0 aliphatic heterocycles. The molecule has 2 N–H and O–H groups in total. The van der Waals surface area contributed by atoms with Gasteiger partial charge in [0.1, 0.15) is 6.10 Å². The summed E-state index contributed by atoms with van der Waals surface area (Å²) in [6, 6.07) is 0. The molecule has 0 saturated heterocycles. The lowest BCUT2D eigenvalue weighted by Gasteiger charge is -2.17. The summed E-state index contributed by atoms with van der Waals surface area (Å²) in [5, 5.41) is 17.4. The Kier molecular flexibility index (Phi) is 5.46. The number of hydrogen-bond donors (Lipinski definition) is 2. The van der Waals surface area contributed by atoms with E-state index in [9.17, 15) is 0 Å². The first-order chi connectivity index (χ1) is 5.07. The Hall–Kier alpha value is -0.120. The molecule has 0 rings (SSSR count). The molecule has 3 nitrogen and oxygen atoms in total. The van der Waals surface area contributed by atoms with Gasteiger partial charge in [-0.25, -0.2) is 0 Å². The Morgan fingerprint density at radius 3 is 2.18 bits per heavy atom.